The zero-order chi connectivity index (χ0) is 10.2. The largest absolute Gasteiger partial charge is 0.325 e. The first-order valence-electron chi connectivity index (χ1n) is 5.82. The van der Waals surface area contributed by atoms with E-state index in [4.69, 9.17) is 13.6 Å². The van der Waals surface area contributed by atoms with Crippen molar-refractivity contribution in [2.75, 3.05) is 0 Å². The molecule has 2 atom stereocenters. The van der Waals surface area contributed by atoms with Crippen molar-refractivity contribution in [1.29, 1.82) is 0 Å². The summed E-state index contributed by atoms with van der Waals surface area (Å²) in [6.07, 6.45) is 7.22. The van der Waals surface area contributed by atoms with Crippen LogP contribution in [0, 0.1) is 10.8 Å². The molecule has 2 radical (unpaired) electrons. The van der Waals surface area contributed by atoms with Crippen LogP contribution in [0.4, 0.5) is 0 Å². The van der Waals surface area contributed by atoms with Gasteiger partial charge in [0.05, 0.1) is 7.85 Å². The minimum Gasteiger partial charge on any atom is -0.325 e. The SMILES string of the molecule is [B]C12CC3(C)CC(C)(C1)CC(N)(C2)C3. The second-order valence-corrected chi connectivity index (χ2v) is 7.41. The second-order valence-electron chi connectivity index (χ2n) is 7.41. The van der Waals surface area contributed by atoms with Crippen LogP contribution >= 0.6 is 0 Å². The van der Waals surface area contributed by atoms with Crippen molar-refractivity contribution in [1.82, 2.24) is 0 Å². The van der Waals surface area contributed by atoms with Gasteiger partial charge in [-0.05, 0) is 49.4 Å². The molecule has 0 spiro atoms. The topological polar surface area (TPSA) is 26.0 Å². The summed E-state index contributed by atoms with van der Waals surface area (Å²) in [7, 11) is 6.50. The smallest absolute Gasteiger partial charge is 0.0747 e. The quantitative estimate of drug-likeness (QED) is 0.582. The summed E-state index contributed by atoms with van der Waals surface area (Å²) in [6, 6.07) is 0. The van der Waals surface area contributed by atoms with Gasteiger partial charge in [0.15, 0.2) is 0 Å². The third kappa shape index (κ3) is 1.13. The van der Waals surface area contributed by atoms with Gasteiger partial charge in [0, 0.05) is 5.54 Å². The molecule has 2 heteroatoms. The average Bonchev–Trinajstić information content (AvgIpc) is 1.67. The van der Waals surface area contributed by atoms with E-state index >= 15 is 0 Å². The van der Waals surface area contributed by atoms with Crippen LogP contribution in [-0.4, -0.2) is 13.4 Å². The van der Waals surface area contributed by atoms with E-state index in [9.17, 15) is 0 Å². The van der Waals surface area contributed by atoms with Gasteiger partial charge in [-0.3, -0.25) is 0 Å². The molecule has 4 aliphatic rings. The number of hydrogen-bond acceptors (Lipinski definition) is 1. The molecule has 0 amide bonds. The molecule has 0 aromatic carbocycles. The molecule has 0 aliphatic heterocycles. The Hall–Kier alpha value is 0.0249. The van der Waals surface area contributed by atoms with Crippen LogP contribution in [0.2, 0.25) is 5.31 Å². The van der Waals surface area contributed by atoms with Crippen LogP contribution < -0.4 is 5.73 Å². The highest BCUT2D eigenvalue weighted by atomic mass is 14.8. The van der Waals surface area contributed by atoms with E-state index in [1.807, 2.05) is 0 Å². The third-order valence-corrected chi connectivity index (χ3v) is 4.67. The first kappa shape index (κ1) is 9.27. The van der Waals surface area contributed by atoms with Crippen LogP contribution in [-0.2, 0) is 0 Å². The van der Waals surface area contributed by atoms with Crippen molar-refractivity contribution in [2.24, 2.45) is 16.6 Å². The maximum absolute atomic E-state index is 6.50. The first-order chi connectivity index (χ1) is 6.24. The maximum Gasteiger partial charge on any atom is 0.0747 e. The normalized spacial score (nSPS) is 65.9. The van der Waals surface area contributed by atoms with Gasteiger partial charge in [0.2, 0.25) is 0 Å². The van der Waals surface area contributed by atoms with Crippen LogP contribution in [0.1, 0.15) is 52.4 Å². The Morgan fingerprint density at radius 2 is 1.36 bits per heavy atom. The zero-order valence-electron chi connectivity index (χ0n) is 9.40. The Labute approximate surface area is 88.2 Å². The summed E-state index contributed by atoms with van der Waals surface area (Å²) in [5.41, 5.74) is 7.43. The first-order valence-corrected chi connectivity index (χ1v) is 5.82. The molecule has 76 valence electrons. The highest BCUT2D eigenvalue weighted by Gasteiger charge is 2.62. The van der Waals surface area contributed by atoms with Crippen molar-refractivity contribution < 1.29 is 0 Å². The van der Waals surface area contributed by atoms with Crippen LogP contribution in [0.25, 0.3) is 0 Å². The number of rotatable bonds is 0. The number of nitrogens with two attached hydrogens (primary N) is 1. The van der Waals surface area contributed by atoms with Crippen molar-refractivity contribution in [3.63, 3.8) is 0 Å². The lowest BCUT2D eigenvalue weighted by molar-refractivity contribution is -0.0965. The fourth-order valence-corrected chi connectivity index (χ4v) is 5.88. The average molecular weight is 189 g/mol. The van der Waals surface area contributed by atoms with E-state index in [1.54, 1.807) is 0 Å². The Morgan fingerprint density at radius 1 is 0.857 bits per heavy atom. The minimum absolute atomic E-state index is 0.0625. The minimum atomic E-state index is 0.0625. The van der Waals surface area contributed by atoms with E-state index in [0.29, 0.717) is 10.8 Å². The van der Waals surface area contributed by atoms with Crippen LogP contribution in [0.15, 0.2) is 0 Å². The van der Waals surface area contributed by atoms with Gasteiger partial charge in [-0.1, -0.05) is 19.2 Å². The summed E-state index contributed by atoms with van der Waals surface area (Å²) in [5.74, 6) is 0. The number of hydrogen-bond donors (Lipinski definition) is 1. The fraction of sp³-hybridized carbons (Fsp3) is 1.00. The monoisotopic (exact) mass is 189 g/mol. The van der Waals surface area contributed by atoms with E-state index in [1.165, 1.54) is 32.1 Å². The van der Waals surface area contributed by atoms with Gasteiger partial charge < -0.3 is 5.73 Å². The molecule has 0 heterocycles. The van der Waals surface area contributed by atoms with Crippen LogP contribution in [0.5, 0.6) is 0 Å². The van der Waals surface area contributed by atoms with Gasteiger partial charge in [-0.25, -0.2) is 0 Å². The highest BCUT2D eigenvalue weighted by Crippen LogP contribution is 2.71. The molecule has 14 heavy (non-hydrogen) atoms. The summed E-state index contributed by atoms with van der Waals surface area (Å²) in [6.45, 7) is 4.79. The van der Waals surface area contributed by atoms with Crippen molar-refractivity contribution >= 4 is 7.85 Å². The van der Waals surface area contributed by atoms with E-state index < -0.39 is 0 Å². The van der Waals surface area contributed by atoms with Crippen molar-refractivity contribution in [3.05, 3.63) is 0 Å². The maximum atomic E-state index is 6.50. The third-order valence-electron chi connectivity index (χ3n) is 4.67. The summed E-state index contributed by atoms with van der Waals surface area (Å²) >= 11 is 0. The Balaban J connectivity index is 2.08. The molecule has 1 nitrogen and oxygen atoms in total. The van der Waals surface area contributed by atoms with E-state index in [-0.39, 0.29) is 10.9 Å². The van der Waals surface area contributed by atoms with Gasteiger partial charge in [0.1, 0.15) is 0 Å². The lowest BCUT2D eigenvalue weighted by Gasteiger charge is -2.68. The van der Waals surface area contributed by atoms with Crippen molar-refractivity contribution in [3.8, 4) is 0 Å². The molecular weight excluding hydrogens is 169 g/mol. The Bertz CT molecular complexity index is 203. The van der Waals surface area contributed by atoms with Crippen LogP contribution in [0.3, 0.4) is 0 Å². The zero-order valence-corrected chi connectivity index (χ0v) is 9.40. The molecule has 4 rings (SSSR count). The highest BCUT2D eigenvalue weighted by molar-refractivity contribution is 6.15. The second kappa shape index (κ2) is 2.09. The van der Waals surface area contributed by atoms with E-state index in [0.717, 1.165) is 6.42 Å². The molecule has 0 saturated heterocycles. The summed E-state index contributed by atoms with van der Waals surface area (Å²) < 4.78 is 0. The summed E-state index contributed by atoms with van der Waals surface area (Å²) in [4.78, 5) is 0. The molecule has 2 unspecified atom stereocenters. The molecule has 0 aromatic heterocycles. The lowest BCUT2D eigenvalue weighted by atomic mass is 9.34. The van der Waals surface area contributed by atoms with Gasteiger partial charge in [-0.2, -0.15) is 0 Å². The van der Waals surface area contributed by atoms with Gasteiger partial charge >= 0.3 is 0 Å². The lowest BCUT2D eigenvalue weighted by Crippen LogP contribution is -2.64. The predicted octanol–water partition coefficient (Wildman–Crippen LogP) is 2.41. The Morgan fingerprint density at radius 3 is 1.71 bits per heavy atom. The molecule has 4 saturated carbocycles. The fourth-order valence-electron chi connectivity index (χ4n) is 5.88. The molecular formula is C12H20BN. The molecule has 2 N–H and O–H groups in total. The molecule has 4 fully saturated rings. The predicted molar refractivity (Wildman–Crippen MR) is 59.3 cm³/mol. The van der Waals surface area contributed by atoms with E-state index in [2.05, 4.69) is 13.8 Å². The Kier molecular flexibility index (Phi) is 1.38. The molecule has 4 bridgehead atoms. The summed E-state index contributed by atoms with van der Waals surface area (Å²) in [5, 5.41) is 0.0625. The van der Waals surface area contributed by atoms with Gasteiger partial charge in [-0.15, -0.1) is 0 Å². The molecule has 0 aromatic rings. The standard InChI is InChI=1S/C12H20BN/c1-9-3-10(2)5-11(13,4-9)8-12(14,6-9)7-10/h3-8,14H2,1-2H3. The van der Waals surface area contributed by atoms with Crippen molar-refractivity contribution in [2.45, 2.75) is 63.2 Å². The molecule has 4 aliphatic carbocycles. The van der Waals surface area contributed by atoms with Gasteiger partial charge in [0.25, 0.3) is 0 Å².